The lowest BCUT2D eigenvalue weighted by Crippen LogP contribution is -2.49. The number of ether oxygens (including phenoxy) is 3. The summed E-state index contributed by atoms with van der Waals surface area (Å²) in [5.41, 5.74) is 8.75. The number of nitrogens with zero attached hydrogens (tertiary/aromatic N) is 3. The van der Waals surface area contributed by atoms with Crippen molar-refractivity contribution in [1.29, 1.82) is 0 Å². The molecular weight excluding hydrogens is 616 g/mol. The van der Waals surface area contributed by atoms with E-state index in [0.717, 1.165) is 78.6 Å². The van der Waals surface area contributed by atoms with Gasteiger partial charge in [0.2, 0.25) is 11.8 Å². The Kier molecular flexibility index (Phi) is 11.4. The van der Waals surface area contributed by atoms with E-state index in [0.29, 0.717) is 29.5 Å². The van der Waals surface area contributed by atoms with E-state index in [2.05, 4.69) is 32.7 Å². The van der Waals surface area contributed by atoms with Crippen molar-refractivity contribution in [3.63, 3.8) is 0 Å². The molecule has 10 nitrogen and oxygen atoms in total. The van der Waals surface area contributed by atoms with Gasteiger partial charge in [-0.1, -0.05) is 40.5 Å². The molecule has 1 aliphatic carbocycles. The number of aldehydes is 1. The van der Waals surface area contributed by atoms with Gasteiger partial charge in [-0.05, 0) is 55.1 Å². The first kappa shape index (κ1) is 35.0. The normalized spacial score (nSPS) is 19.4. The molecule has 1 saturated carbocycles. The zero-order valence-corrected chi connectivity index (χ0v) is 29.2. The number of rotatable bonds is 15. The second kappa shape index (κ2) is 15.3. The molecule has 3 N–H and O–H groups in total. The topological polar surface area (TPSA) is 137 Å². The van der Waals surface area contributed by atoms with Crippen LogP contribution in [0.25, 0.3) is 10.9 Å². The number of aromatic nitrogens is 2. The van der Waals surface area contributed by atoms with E-state index in [4.69, 9.17) is 24.9 Å². The van der Waals surface area contributed by atoms with Gasteiger partial charge < -0.3 is 34.7 Å². The number of thiazole rings is 1. The Labute approximate surface area is 282 Å². The van der Waals surface area contributed by atoms with Crippen molar-refractivity contribution in [2.24, 2.45) is 17.1 Å². The zero-order valence-electron chi connectivity index (χ0n) is 28.4. The average molecular weight is 667 g/mol. The first-order valence-corrected chi connectivity index (χ1v) is 17.8. The number of methoxy groups -OCH3 is 1. The van der Waals surface area contributed by atoms with E-state index < -0.39 is 18.2 Å². The standard InChI is InChI=1S/C36H50N4O6S/c1-22(2)34-38-25(20-47-34)19-45-32-16-31(28-13-24(11-8-12-36(3,4)21-42)30(44-5)15-29(28)39-32)46-27-14-26(18-41)40(17-27)35(43)33(37)23-9-6-7-10-23/h13,15-16,18,20,22-23,26-27,33,42H,6-12,14,17,19,21,37H2,1-5H3/t26-,27+,33-/m0/s1. The molecule has 1 saturated heterocycles. The molecule has 3 aromatic rings. The summed E-state index contributed by atoms with van der Waals surface area (Å²) in [4.78, 5) is 36.7. The van der Waals surface area contributed by atoms with Crippen molar-refractivity contribution in [2.75, 3.05) is 20.3 Å². The minimum atomic E-state index is -0.604. The summed E-state index contributed by atoms with van der Waals surface area (Å²) < 4.78 is 18.6. The van der Waals surface area contributed by atoms with Crippen LogP contribution in [0.3, 0.4) is 0 Å². The van der Waals surface area contributed by atoms with Gasteiger partial charge in [-0.3, -0.25) is 4.79 Å². The second-order valence-corrected chi connectivity index (χ2v) is 15.1. The first-order valence-electron chi connectivity index (χ1n) is 16.9. The SMILES string of the molecule is COc1cc2nc(OCc3csc(C(C)C)n3)cc(O[C@@H]3C[C@@H](C=O)N(C(=O)[C@@H](N)C4CCCC4)C3)c2cc1CCCC(C)(C)CO. The molecule has 11 heteroatoms. The maximum absolute atomic E-state index is 13.5. The third kappa shape index (κ3) is 8.42. The van der Waals surface area contributed by atoms with Crippen LogP contribution in [0.1, 0.15) is 94.8 Å². The number of amides is 1. The van der Waals surface area contributed by atoms with Gasteiger partial charge >= 0.3 is 0 Å². The number of aliphatic hydroxyl groups excluding tert-OH is 1. The Morgan fingerprint density at radius 1 is 1.19 bits per heavy atom. The quantitative estimate of drug-likeness (QED) is 0.193. The molecule has 47 heavy (non-hydrogen) atoms. The van der Waals surface area contributed by atoms with Gasteiger partial charge in [0.25, 0.3) is 0 Å². The molecule has 1 aromatic carbocycles. The largest absolute Gasteiger partial charge is 0.496 e. The van der Waals surface area contributed by atoms with Crippen LogP contribution in [0.5, 0.6) is 17.4 Å². The molecule has 2 aromatic heterocycles. The fourth-order valence-corrected chi connectivity index (χ4v) is 7.44. The average Bonchev–Trinajstić information content (AvgIpc) is 3.84. The molecule has 0 unspecified atom stereocenters. The van der Waals surface area contributed by atoms with Crippen LogP contribution in [-0.4, -0.2) is 70.6 Å². The molecule has 0 bridgehead atoms. The van der Waals surface area contributed by atoms with Crippen molar-refractivity contribution in [3.8, 4) is 17.4 Å². The first-order chi connectivity index (χ1) is 22.5. The molecule has 2 fully saturated rings. The number of pyridine rings is 1. The van der Waals surface area contributed by atoms with Crippen LogP contribution in [0.2, 0.25) is 0 Å². The highest BCUT2D eigenvalue weighted by Crippen LogP contribution is 2.37. The van der Waals surface area contributed by atoms with Crippen LogP contribution in [0.15, 0.2) is 23.6 Å². The number of hydrogen-bond donors (Lipinski definition) is 2. The Bertz CT molecular complexity index is 1540. The third-order valence-electron chi connectivity index (χ3n) is 9.54. The van der Waals surface area contributed by atoms with Crippen LogP contribution in [0, 0.1) is 11.3 Å². The van der Waals surface area contributed by atoms with Gasteiger partial charge in [0.05, 0.1) is 42.0 Å². The smallest absolute Gasteiger partial charge is 0.240 e. The van der Waals surface area contributed by atoms with Crippen molar-refractivity contribution >= 4 is 34.4 Å². The molecule has 1 amide bonds. The van der Waals surface area contributed by atoms with E-state index in [-0.39, 0.29) is 37.0 Å². The maximum atomic E-state index is 13.5. The maximum Gasteiger partial charge on any atom is 0.240 e. The number of carbonyl (C=O) groups excluding carboxylic acids is 2. The Morgan fingerprint density at radius 2 is 1.96 bits per heavy atom. The van der Waals surface area contributed by atoms with Crippen molar-refractivity contribution in [3.05, 3.63) is 39.8 Å². The van der Waals surface area contributed by atoms with Gasteiger partial charge in [0, 0.05) is 41.8 Å². The van der Waals surface area contributed by atoms with Gasteiger partial charge in [0.1, 0.15) is 30.5 Å². The van der Waals surface area contributed by atoms with E-state index in [1.165, 1.54) is 0 Å². The summed E-state index contributed by atoms with van der Waals surface area (Å²) in [6.45, 7) is 9.00. The highest BCUT2D eigenvalue weighted by atomic mass is 32.1. The van der Waals surface area contributed by atoms with E-state index >= 15 is 0 Å². The number of hydrogen-bond acceptors (Lipinski definition) is 10. The van der Waals surface area contributed by atoms with Crippen molar-refractivity contribution in [2.45, 2.75) is 110 Å². The summed E-state index contributed by atoms with van der Waals surface area (Å²) in [5, 5.41) is 13.6. The number of likely N-dealkylation sites (tertiary alicyclic amines) is 1. The number of carbonyl (C=O) groups is 2. The number of fused-ring (bicyclic) bond motifs is 1. The molecule has 5 rings (SSSR count). The molecule has 256 valence electrons. The molecule has 0 radical (unpaired) electrons. The number of nitrogens with two attached hydrogens (primary N) is 1. The molecule has 2 aliphatic rings. The molecule has 3 heterocycles. The lowest BCUT2D eigenvalue weighted by molar-refractivity contribution is -0.137. The van der Waals surface area contributed by atoms with Crippen LogP contribution >= 0.6 is 11.3 Å². The van der Waals surface area contributed by atoms with Gasteiger partial charge in [-0.15, -0.1) is 11.3 Å². The van der Waals surface area contributed by atoms with Crippen LogP contribution in [0.4, 0.5) is 0 Å². The van der Waals surface area contributed by atoms with E-state index in [9.17, 15) is 14.7 Å². The zero-order chi connectivity index (χ0) is 33.7. The second-order valence-electron chi connectivity index (χ2n) is 14.2. The minimum Gasteiger partial charge on any atom is -0.496 e. The summed E-state index contributed by atoms with van der Waals surface area (Å²) in [5.74, 6) is 1.98. The highest BCUT2D eigenvalue weighted by Gasteiger charge is 2.40. The Hall–Kier alpha value is -3.28. The predicted molar refractivity (Wildman–Crippen MR) is 183 cm³/mol. The third-order valence-corrected chi connectivity index (χ3v) is 10.7. The molecule has 0 spiro atoms. The van der Waals surface area contributed by atoms with E-state index in [1.807, 2.05) is 17.5 Å². The van der Waals surface area contributed by atoms with Gasteiger partial charge in [-0.25, -0.2) is 9.97 Å². The summed E-state index contributed by atoms with van der Waals surface area (Å²) in [6.07, 6.45) is 7.34. The van der Waals surface area contributed by atoms with Crippen molar-refractivity contribution < 1.29 is 28.9 Å². The minimum absolute atomic E-state index is 0.125. The summed E-state index contributed by atoms with van der Waals surface area (Å²) >= 11 is 1.61. The molecule has 3 atom stereocenters. The lowest BCUT2D eigenvalue weighted by atomic mass is 9.87. The van der Waals surface area contributed by atoms with Crippen LogP contribution in [-0.2, 0) is 22.6 Å². The number of aryl methyl sites for hydroxylation is 1. The Balaban J connectivity index is 1.42. The monoisotopic (exact) mass is 666 g/mol. The van der Waals surface area contributed by atoms with Gasteiger partial charge in [0.15, 0.2) is 0 Å². The Morgan fingerprint density at radius 3 is 2.62 bits per heavy atom. The van der Waals surface area contributed by atoms with Gasteiger partial charge in [-0.2, -0.15) is 0 Å². The fourth-order valence-electron chi connectivity index (χ4n) is 6.62. The van der Waals surface area contributed by atoms with Crippen LogP contribution < -0.4 is 19.9 Å². The highest BCUT2D eigenvalue weighted by molar-refractivity contribution is 7.09. The number of aliphatic hydroxyl groups is 1. The molecular formula is C36H50N4O6S. The predicted octanol–water partition coefficient (Wildman–Crippen LogP) is 5.81. The molecule has 1 aliphatic heterocycles. The van der Waals surface area contributed by atoms with E-state index in [1.54, 1.807) is 29.4 Å². The van der Waals surface area contributed by atoms with Crippen molar-refractivity contribution in [1.82, 2.24) is 14.9 Å². The number of benzene rings is 1. The lowest BCUT2D eigenvalue weighted by Gasteiger charge is -2.27. The summed E-state index contributed by atoms with van der Waals surface area (Å²) in [7, 11) is 1.65. The fraction of sp³-hybridized carbons (Fsp3) is 0.611. The summed E-state index contributed by atoms with van der Waals surface area (Å²) in [6, 6.07) is 4.54.